The maximum absolute atomic E-state index is 8.97. The van der Waals surface area contributed by atoms with Crippen LogP contribution in [0.2, 0.25) is 0 Å². The number of hydrogen-bond donors (Lipinski definition) is 1. The number of rotatable bonds is 5. The zero-order valence-corrected chi connectivity index (χ0v) is 11.3. The third-order valence-corrected chi connectivity index (χ3v) is 3.80. The van der Waals surface area contributed by atoms with Crippen LogP contribution in [0.1, 0.15) is 12.5 Å². The highest BCUT2D eigenvalue weighted by atomic mass is 16.3. The molecule has 0 radical (unpaired) electrons. The molecule has 100 valence electrons. The van der Waals surface area contributed by atoms with Crippen LogP contribution in [-0.4, -0.2) is 60.3 Å². The molecular weight excluding hydrogens is 224 g/mol. The van der Waals surface area contributed by atoms with E-state index in [4.69, 9.17) is 5.11 Å². The van der Waals surface area contributed by atoms with Gasteiger partial charge in [-0.25, -0.2) is 0 Å². The van der Waals surface area contributed by atoms with Gasteiger partial charge in [0.1, 0.15) is 0 Å². The molecule has 1 N–H and O–H groups in total. The molecule has 0 aliphatic carbocycles. The van der Waals surface area contributed by atoms with Crippen LogP contribution in [0.4, 0.5) is 0 Å². The number of aliphatic hydroxyl groups excluding tert-OH is 1. The third-order valence-electron chi connectivity index (χ3n) is 3.80. The molecule has 18 heavy (non-hydrogen) atoms. The van der Waals surface area contributed by atoms with Gasteiger partial charge in [0.25, 0.3) is 0 Å². The smallest absolute Gasteiger partial charge is 0.0558 e. The second-order valence-electron chi connectivity index (χ2n) is 5.14. The molecule has 0 saturated carbocycles. The van der Waals surface area contributed by atoms with Crippen molar-refractivity contribution in [1.29, 1.82) is 0 Å². The molecule has 1 aliphatic heterocycles. The Hall–Kier alpha value is -0.900. The Morgan fingerprint density at radius 2 is 1.94 bits per heavy atom. The van der Waals surface area contributed by atoms with Crippen molar-refractivity contribution in [3.63, 3.8) is 0 Å². The highest BCUT2D eigenvalue weighted by Crippen LogP contribution is 2.10. The molecule has 1 unspecified atom stereocenters. The van der Waals surface area contributed by atoms with Crippen LogP contribution >= 0.6 is 0 Å². The molecule has 0 amide bonds. The molecule has 1 heterocycles. The van der Waals surface area contributed by atoms with Crippen LogP contribution in [0.25, 0.3) is 0 Å². The Morgan fingerprint density at radius 1 is 1.17 bits per heavy atom. The standard InChI is InChI=1S/C15H24N2O/c1-14-13-16(11-12-18)9-10-17(14)8-7-15-5-3-2-4-6-15/h2-6,14,18H,7-13H2,1H3. The van der Waals surface area contributed by atoms with Crippen molar-refractivity contribution in [3.8, 4) is 0 Å². The largest absolute Gasteiger partial charge is 0.395 e. The molecular formula is C15H24N2O. The predicted octanol–water partition coefficient (Wildman–Crippen LogP) is 1.23. The van der Waals surface area contributed by atoms with E-state index >= 15 is 0 Å². The van der Waals surface area contributed by atoms with Gasteiger partial charge < -0.3 is 5.11 Å². The minimum atomic E-state index is 0.275. The van der Waals surface area contributed by atoms with Crippen LogP contribution in [0.5, 0.6) is 0 Å². The summed E-state index contributed by atoms with van der Waals surface area (Å²) in [4.78, 5) is 4.91. The maximum atomic E-state index is 8.97. The summed E-state index contributed by atoms with van der Waals surface area (Å²) < 4.78 is 0. The van der Waals surface area contributed by atoms with Gasteiger partial charge >= 0.3 is 0 Å². The Balaban J connectivity index is 1.77. The van der Waals surface area contributed by atoms with Crippen LogP contribution in [0.15, 0.2) is 30.3 Å². The van der Waals surface area contributed by atoms with Crippen molar-refractivity contribution in [1.82, 2.24) is 9.80 Å². The van der Waals surface area contributed by atoms with Crippen molar-refractivity contribution in [3.05, 3.63) is 35.9 Å². The number of aliphatic hydroxyl groups is 1. The van der Waals surface area contributed by atoms with Crippen LogP contribution in [-0.2, 0) is 6.42 Å². The van der Waals surface area contributed by atoms with Crippen molar-refractivity contribution >= 4 is 0 Å². The number of β-amino-alcohol motifs (C(OH)–C–C–N with tert-alkyl or cyclic N) is 1. The molecule has 0 bridgehead atoms. The summed E-state index contributed by atoms with van der Waals surface area (Å²) in [6.45, 7) is 7.79. The average molecular weight is 248 g/mol. The highest BCUT2D eigenvalue weighted by Gasteiger charge is 2.22. The first-order valence-electron chi connectivity index (χ1n) is 6.91. The van der Waals surface area contributed by atoms with E-state index < -0.39 is 0 Å². The van der Waals surface area contributed by atoms with Gasteiger partial charge in [-0.3, -0.25) is 9.80 Å². The van der Waals surface area contributed by atoms with Crippen molar-refractivity contribution in [2.45, 2.75) is 19.4 Å². The molecule has 1 aliphatic rings. The van der Waals surface area contributed by atoms with Crippen molar-refractivity contribution in [2.24, 2.45) is 0 Å². The fourth-order valence-electron chi connectivity index (χ4n) is 2.66. The zero-order valence-electron chi connectivity index (χ0n) is 11.3. The topological polar surface area (TPSA) is 26.7 Å². The van der Waals surface area contributed by atoms with Gasteiger partial charge in [0.15, 0.2) is 0 Å². The van der Waals surface area contributed by atoms with Crippen LogP contribution in [0, 0.1) is 0 Å². The second kappa shape index (κ2) is 6.88. The summed E-state index contributed by atoms with van der Waals surface area (Å²) in [5.74, 6) is 0. The Bertz CT molecular complexity index is 342. The monoisotopic (exact) mass is 248 g/mol. The molecule has 1 saturated heterocycles. The lowest BCUT2D eigenvalue weighted by Crippen LogP contribution is -2.52. The Labute approximate surface area is 110 Å². The first-order chi connectivity index (χ1) is 8.79. The SMILES string of the molecule is CC1CN(CCO)CCN1CCc1ccccc1. The van der Waals surface area contributed by atoms with Crippen molar-refractivity contribution in [2.75, 3.05) is 39.3 Å². The minimum Gasteiger partial charge on any atom is -0.395 e. The molecule has 0 aromatic heterocycles. The van der Waals surface area contributed by atoms with Gasteiger partial charge in [-0.15, -0.1) is 0 Å². The van der Waals surface area contributed by atoms with E-state index in [2.05, 4.69) is 47.1 Å². The lowest BCUT2D eigenvalue weighted by atomic mass is 10.1. The molecule has 3 nitrogen and oxygen atoms in total. The zero-order chi connectivity index (χ0) is 12.8. The van der Waals surface area contributed by atoms with Gasteiger partial charge in [-0.2, -0.15) is 0 Å². The summed E-state index contributed by atoms with van der Waals surface area (Å²) in [5.41, 5.74) is 1.42. The van der Waals surface area contributed by atoms with E-state index in [9.17, 15) is 0 Å². The van der Waals surface area contributed by atoms with Gasteiger partial charge in [0.2, 0.25) is 0 Å². The molecule has 1 atom stereocenters. The number of nitrogens with zero attached hydrogens (tertiary/aromatic N) is 2. The number of hydrogen-bond acceptors (Lipinski definition) is 3. The van der Waals surface area contributed by atoms with Crippen molar-refractivity contribution < 1.29 is 5.11 Å². The molecule has 1 aromatic carbocycles. The van der Waals surface area contributed by atoms with E-state index in [0.29, 0.717) is 6.04 Å². The average Bonchev–Trinajstić information content (AvgIpc) is 2.39. The summed E-state index contributed by atoms with van der Waals surface area (Å²) in [6.07, 6.45) is 1.13. The van der Waals surface area contributed by atoms with Crippen LogP contribution < -0.4 is 0 Å². The van der Waals surface area contributed by atoms with E-state index in [-0.39, 0.29) is 6.61 Å². The Morgan fingerprint density at radius 3 is 2.61 bits per heavy atom. The van der Waals surface area contributed by atoms with Gasteiger partial charge in [0.05, 0.1) is 6.61 Å². The first-order valence-corrected chi connectivity index (χ1v) is 6.91. The van der Waals surface area contributed by atoms with E-state index in [1.807, 2.05) is 0 Å². The molecule has 0 spiro atoms. The van der Waals surface area contributed by atoms with Gasteiger partial charge in [-0.1, -0.05) is 30.3 Å². The summed E-state index contributed by atoms with van der Waals surface area (Å²) in [7, 11) is 0. The van der Waals surface area contributed by atoms with Crippen LogP contribution in [0.3, 0.4) is 0 Å². The highest BCUT2D eigenvalue weighted by molar-refractivity contribution is 5.14. The van der Waals surface area contributed by atoms with E-state index in [1.54, 1.807) is 0 Å². The minimum absolute atomic E-state index is 0.275. The maximum Gasteiger partial charge on any atom is 0.0558 e. The third kappa shape index (κ3) is 3.80. The molecule has 3 heteroatoms. The molecule has 2 rings (SSSR count). The molecule has 1 fully saturated rings. The summed E-state index contributed by atoms with van der Waals surface area (Å²) >= 11 is 0. The quantitative estimate of drug-likeness (QED) is 0.849. The van der Waals surface area contributed by atoms with E-state index in [0.717, 1.165) is 39.1 Å². The summed E-state index contributed by atoms with van der Waals surface area (Å²) in [6, 6.07) is 11.3. The summed E-state index contributed by atoms with van der Waals surface area (Å²) in [5, 5.41) is 8.97. The molecule has 1 aromatic rings. The normalized spacial score (nSPS) is 22.2. The second-order valence-corrected chi connectivity index (χ2v) is 5.14. The fraction of sp³-hybridized carbons (Fsp3) is 0.600. The number of piperazine rings is 1. The fourth-order valence-corrected chi connectivity index (χ4v) is 2.66. The Kier molecular flexibility index (Phi) is 5.17. The first kappa shape index (κ1) is 13.5. The van der Waals surface area contributed by atoms with E-state index in [1.165, 1.54) is 5.56 Å². The number of benzene rings is 1. The van der Waals surface area contributed by atoms with Gasteiger partial charge in [-0.05, 0) is 18.9 Å². The lowest BCUT2D eigenvalue weighted by Gasteiger charge is -2.39. The van der Waals surface area contributed by atoms with Gasteiger partial charge in [0, 0.05) is 38.8 Å². The predicted molar refractivity (Wildman–Crippen MR) is 74.7 cm³/mol. The lowest BCUT2D eigenvalue weighted by molar-refractivity contribution is 0.0723.